The van der Waals surface area contributed by atoms with Crippen molar-refractivity contribution in [1.29, 1.82) is 5.26 Å². The highest BCUT2D eigenvalue weighted by Crippen LogP contribution is 2.29. The first-order valence-electron chi connectivity index (χ1n) is 11.0. The van der Waals surface area contributed by atoms with Gasteiger partial charge in [-0.05, 0) is 61.1 Å². The molecule has 4 rings (SSSR count). The van der Waals surface area contributed by atoms with E-state index in [-0.39, 0.29) is 11.8 Å². The van der Waals surface area contributed by atoms with Gasteiger partial charge in [-0.15, -0.1) is 10.2 Å². The lowest BCUT2D eigenvalue weighted by Gasteiger charge is -2.32. The van der Waals surface area contributed by atoms with Crippen molar-refractivity contribution in [3.63, 3.8) is 0 Å². The van der Waals surface area contributed by atoms with Crippen molar-refractivity contribution in [2.24, 2.45) is 0 Å². The van der Waals surface area contributed by atoms with Gasteiger partial charge in [0.1, 0.15) is 5.82 Å². The van der Waals surface area contributed by atoms with Crippen LogP contribution in [0.2, 0.25) is 0 Å². The molecule has 1 aromatic heterocycles. The second kappa shape index (κ2) is 9.23. The lowest BCUT2D eigenvalue weighted by Crippen LogP contribution is -2.37. The zero-order chi connectivity index (χ0) is 22.7. The number of hydrogen-bond donors (Lipinski definition) is 2. The molecular weight excluding hydrogens is 400 g/mol. The van der Waals surface area contributed by atoms with Crippen molar-refractivity contribution in [1.82, 2.24) is 20.1 Å². The van der Waals surface area contributed by atoms with E-state index in [2.05, 4.69) is 40.4 Å². The quantitative estimate of drug-likeness (QED) is 0.604. The second-order valence-corrected chi connectivity index (χ2v) is 8.67. The van der Waals surface area contributed by atoms with E-state index in [1.54, 1.807) is 0 Å². The number of rotatable bonds is 5. The van der Waals surface area contributed by atoms with Gasteiger partial charge in [-0.3, -0.25) is 4.79 Å². The summed E-state index contributed by atoms with van der Waals surface area (Å²) in [5.74, 6) is 2.13. The first-order chi connectivity index (χ1) is 15.4. The Morgan fingerprint density at radius 3 is 2.50 bits per heavy atom. The lowest BCUT2D eigenvalue weighted by atomic mass is 9.89. The molecule has 2 heterocycles. The molecule has 1 aliphatic heterocycles. The summed E-state index contributed by atoms with van der Waals surface area (Å²) in [5, 5.41) is 20.6. The Bertz CT molecular complexity index is 1130. The van der Waals surface area contributed by atoms with Crippen LogP contribution >= 0.6 is 0 Å². The molecule has 0 unspecified atom stereocenters. The normalized spacial score (nSPS) is 14.4. The average Bonchev–Trinajstić information content (AvgIpc) is 3.29. The lowest BCUT2D eigenvalue weighted by molar-refractivity contribution is 0.0713. The molecule has 0 aliphatic carbocycles. The topological polar surface area (TPSA) is 97.7 Å². The fraction of sp³-hybridized carbons (Fsp3) is 0.360. The van der Waals surface area contributed by atoms with Crippen LogP contribution in [0.15, 0.2) is 42.5 Å². The Labute approximate surface area is 188 Å². The number of likely N-dealkylation sites (tertiary alicyclic amines) is 1. The van der Waals surface area contributed by atoms with E-state index in [4.69, 9.17) is 5.26 Å². The summed E-state index contributed by atoms with van der Waals surface area (Å²) in [6, 6.07) is 15.7. The molecular formula is C25H28N6O. The Morgan fingerprint density at radius 2 is 1.88 bits per heavy atom. The zero-order valence-corrected chi connectivity index (χ0v) is 18.7. The predicted octanol–water partition coefficient (Wildman–Crippen LogP) is 4.87. The largest absolute Gasteiger partial charge is 0.339 e. The van der Waals surface area contributed by atoms with Gasteiger partial charge in [0.15, 0.2) is 0 Å². The van der Waals surface area contributed by atoms with Crippen LogP contribution in [0.25, 0.3) is 0 Å². The van der Waals surface area contributed by atoms with Crippen LogP contribution in [0, 0.1) is 18.3 Å². The Kier molecular flexibility index (Phi) is 6.22. The fourth-order valence-electron chi connectivity index (χ4n) is 4.04. The number of amides is 1. The molecule has 32 heavy (non-hydrogen) atoms. The fourth-order valence-corrected chi connectivity index (χ4v) is 4.04. The van der Waals surface area contributed by atoms with E-state index in [0.29, 0.717) is 23.0 Å². The highest BCUT2D eigenvalue weighted by atomic mass is 16.2. The van der Waals surface area contributed by atoms with Crippen molar-refractivity contribution in [2.75, 3.05) is 18.4 Å². The number of nitriles is 1. The predicted molar refractivity (Wildman–Crippen MR) is 124 cm³/mol. The first kappa shape index (κ1) is 21.6. The van der Waals surface area contributed by atoms with Gasteiger partial charge < -0.3 is 15.2 Å². The molecule has 1 amide bonds. The van der Waals surface area contributed by atoms with Gasteiger partial charge in [0.2, 0.25) is 5.95 Å². The Balaban J connectivity index is 1.42. The van der Waals surface area contributed by atoms with E-state index < -0.39 is 0 Å². The molecule has 1 aliphatic rings. The number of carbonyl (C=O) groups excluding carboxylic acids is 1. The van der Waals surface area contributed by atoms with E-state index in [9.17, 15) is 4.79 Å². The maximum Gasteiger partial charge on any atom is 0.253 e. The maximum absolute atomic E-state index is 13.2. The van der Waals surface area contributed by atoms with E-state index in [0.717, 1.165) is 43.0 Å². The van der Waals surface area contributed by atoms with Crippen LogP contribution in [0.5, 0.6) is 0 Å². The molecule has 1 fully saturated rings. The number of H-pyrrole nitrogens is 1. The number of carbonyl (C=O) groups is 1. The molecule has 1 saturated heterocycles. The van der Waals surface area contributed by atoms with Gasteiger partial charge in [-0.1, -0.05) is 32.0 Å². The third kappa shape index (κ3) is 4.65. The van der Waals surface area contributed by atoms with Gasteiger partial charge in [0.25, 0.3) is 5.91 Å². The Morgan fingerprint density at radius 1 is 1.16 bits per heavy atom. The summed E-state index contributed by atoms with van der Waals surface area (Å²) in [5.41, 5.74) is 4.46. The number of nitrogens with zero attached hydrogens (tertiary/aromatic N) is 4. The molecule has 164 valence electrons. The Hall–Kier alpha value is -3.66. The van der Waals surface area contributed by atoms with E-state index in [1.165, 1.54) is 5.56 Å². The van der Waals surface area contributed by atoms with Gasteiger partial charge in [-0.25, -0.2) is 0 Å². The monoisotopic (exact) mass is 428 g/mol. The van der Waals surface area contributed by atoms with Crippen molar-refractivity contribution < 1.29 is 4.79 Å². The molecule has 0 saturated carbocycles. The molecule has 0 atom stereocenters. The van der Waals surface area contributed by atoms with Crippen LogP contribution in [-0.4, -0.2) is 39.1 Å². The molecule has 3 aromatic rings. The minimum absolute atomic E-state index is 0.0479. The third-order valence-electron chi connectivity index (χ3n) is 6.08. The maximum atomic E-state index is 13.2. The van der Waals surface area contributed by atoms with Crippen LogP contribution in [0.4, 0.5) is 11.6 Å². The number of hydrogen-bond acceptors (Lipinski definition) is 5. The zero-order valence-electron chi connectivity index (χ0n) is 18.7. The highest BCUT2D eigenvalue weighted by Gasteiger charge is 2.25. The molecule has 0 radical (unpaired) electrons. The molecule has 7 heteroatoms. The minimum atomic E-state index is 0.0479. The van der Waals surface area contributed by atoms with Crippen LogP contribution in [0.3, 0.4) is 0 Å². The van der Waals surface area contributed by atoms with Crippen LogP contribution in [-0.2, 0) is 0 Å². The summed E-state index contributed by atoms with van der Waals surface area (Å²) in [7, 11) is 0. The number of benzene rings is 2. The standard InChI is InChI=1S/C25H28N6O/c1-16(2)23-28-25(30-29-23)27-22-14-21(7-4-17(22)3)24(32)31-12-10-20(11-13-31)19-8-5-18(15-26)6-9-19/h4-9,14,16,20H,10-13H2,1-3H3,(H2,27,28,29,30). The van der Waals surface area contributed by atoms with Crippen molar-refractivity contribution in [3.05, 3.63) is 70.5 Å². The third-order valence-corrected chi connectivity index (χ3v) is 6.08. The molecule has 0 spiro atoms. The second-order valence-electron chi connectivity index (χ2n) is 8.67. The molecule has 7 nitrogen and oxygen atoms in total. The van der Waals surface area contributed by atoms with Crippen molar-refractivity contribution in [3.8, 4) is 6.07 Å². The minimum Gasteiger partial charge on any atom is -0.339 e. The van der Waals surface area contributed by atoms with Crippen molar-refractivity contribution in [2.45, 2.75) is 45.4 Å². The van der Waals surface area contributed by atoms with Gasteiger partial charge in [-0.2, -0.15) is 5.26 Å². The van der Waals surface area contributed by atoms with Gasteiger partial charge in [0, 0.05) is 30.3 Å². The number of nitrogens with one attached hydrogen (secondary N) is 2. The first-order valence-corrected chi connectivity index (χ1v) is 11.0. The highest BCUT2D eigenvalue weighted by molar-refractivity contribution is 5.95. The number of aromatic nitrogens is 3. The number of aryl methyl sites for hydroxylation is 1. The molecule has 2 N–H and O–H groups in total. The van der Waals surface area contributed by atoms with Crippen LogP contribution < -0.4 is 5.32 Å². The smallest absolute Gasteiger partial charge is 0.253 e. The summed E-state index contributed by atoms with van der Waals surface area (Å²) >= 11 is 0. The average molecular weight is 429 g/mol. The van der Waals surface area contributed by atoms with Crippen LogP contribution in [0.1, 0.15) is 71.4 Å². The molecule has 2 aromatic carbocycles. The van der Waals surface area contributed by atoms with E-state index >= 15 is 0 Å². The summed E-state index contributed by atoms with van der Waals surface area (Å²) < 4.78 is 0. The summed E-state index contributed by atoms with van der Waals surface area (Å²) in [6.45, 7) is 7.55. The van der Waals surface area contributed by atoms with Crippen molar-refractivity contribution >= 4 is 17.5 Å². The number of anilines is 2. The van der Waals surface area contributed by atoms with Gasteiger partial charge in [0.05, 0.1) is 11.6 Å². The molecule has 0 bridgehead atoms. The summed E-state index contributed by atoms with van der Waals surface area (Å²) in [4.78, 5) is 18.3. The number of piperidine rings is 1. The van der Waals surface area contributed by atoms with E-state index in [1.807, 2.05) is 54.3 Å². The SMILES string of the molecule is Cc1ccc(C(=O)N2CCC(c3ccc(C#N)cc3)CC2)cc1Nc1nnc(C(C)C)[nH]1. The van der Waals surface area contributed by atoms with Gasteiger partial charge >= 0.3 is 0 Å². The summed E-state index contributed by atoms with van der Waals surface area (Å²) in [6.07, 6.45) is 1.84. The number of aromatic amines is 1.